The lowest BCUT2D eigenvalue weighted by Crippen LogP contribution is -2.23. The molecular formula is C17H14ClF2NO2. The van der Waals surface area contributed by atoms with E-state index in [0.717, 1.165) is 0 Å². The van der Waals surface area contributed by atoms with Gasteiger partial charge >= 0.3 is 0 Å². The summed E-state index contributed by atoms with van der Waals surface area (Å²) in [5.74, 6) is -0.169. The lowest BCUT2D eigenvalue weighted by molar-refractivity contribution is -0.118. The van der Waals surface area contributed by atoms with Crippen LogP contribution in [0.15, 0.2) is 36.4 Å². The van der Waals surface area contributed by atoms with Crippen molar-refractivity contribution in [2.75, 3.05) is 12.0 Å². The Morgan fingerprint density at radius 1 is 1.17 bits per heavy atom. The SMILES string of the molecule is COc1ccc(Cl)cc1N1C(=O)C(C)c2ccc(C(F)F)cc21. The van der Waals surface area contributed by atoms with Crippen molar-refractivity contribution >= 4 is 28.9 Å². The molecule has 1 aliphatic heterocycles. The van der Waals surface area contributed by atoms with Crippen molar-refractivity contribution in [3.63, 3.8) is 0 Å². The Kier molecular flexibility index (Phi) is 3.98. The van der Waals surface area contributed by atoms with Gasteiger partial charge in [-0.15, -0.1) is 0 Å². The predicted octanol–water partition coefficient (Wildman–Crippen LogP) is 5.07. The average molecular weight is 338 g/mol. The van der Waals surface area contributed by atoms with E-state index < -0.39 is 12.3 Å². The summed E-state index contributed by atoms with van der Waals surface area (Å²) in [5.41, 5.74) is 1.47. The van der Waals surface area contributed by atoms with E-state index in [0.29, 0.717) is 27.7 Å². The maximum Gasteiger partial charge on any atom is 0.263 e. The third-order valence-electron chi connectivity index (χ3n) is 3.99. The van der Waals surface area contributed by atoms with Gasteiger partial charge < -0.3 is 4.74 Å². The number of amides is 1. The van der Waals surface area contributed by atoms with Crippen molar-refractivity contribution in [2.24, 2.45) is 0 Å². The molecule has 1 amide bonds. The first-order chi connectivity index (χ1) is 10.9. The zero-order chi connectivity index (χ0) is 16.7. The van der Waals surface area contributed by atoms with Crippen molar-refractivity contribution in [1.29, 1.82) is 0 Å². The molecule has 1 unspecified atom stereocenters. The normalized spacial score (nSPS) is 16.9. The molecule has 0 saturated carbocycles. The van der Waals surface area contributed by atoms with Gasteiger partial charge in [0.15, 0.2) is 0 Å². The second kappa shape index (κ2) is 5.81. The number of carbonyl (C=O) groups is 1. The highest BCUT2D eigenvalue weighted by atomic mass is 35.5. The molecule has 0 bridgehead atoms. The van der Waals surface area contributed by atoms with Gasteiger partial charge in [-0.05, 0) is 36.8 Å². The molecule has 0 spiro atoms. The molecule has 1 aliphatic rings. The van der Waals surface area contributed by atoms with Crippen molar-refractivity contribution in [2.45, 2.75) is 19.3 Å². The van der Waals surface area contributed by atoms with Gasteiger partial charge in [0.2, 0.25) is 5.91 Å². The largest absolute Gasteiger partial charge is 0.495 e. The summed E-state index contributed by atoms with van der Waals surface area (Å²) >= 11 is 6.03. The fraction of sp³-hybridized carbons (Fsp3) is 0.235. The van der Waals surface area contributed by atoms with Crippen LogP contribution < -0.4 is 9.64 Å². The molecule has 6 heteroatoms. The van der Waals surface area contributed by atoms with Gasteiger partial charge in [0, 0.05) is 10.6 Å². The van der Waals surface area contributed by atoms with Crippen LogP contribution in [0, 0.1) is 0 Å². The van der Waals surface area contributed by atoms with Crippen LogP contribution in [0.5, 0.6) is 5.75 Å². The van der Waals surface area contributed by atoms with Gasteiger partial charge in [0.25, 0.3) is 6.43 Å². The quantitative estimate of drug-likeness (QED) is 0.782. The van der Waals surface area contributed by atoms with Gasteiger partial charge in [0.05, 0.1) is 24.4 Å². The minimum Gasteiger partial charge on any atom is -0.495 e. The topological polar surface area (TPSA) is 29.5 Å². The van der Waals surface area contributed by atoms with E-state index in [-0.39, 0.29) is 11.5 Å². The van der Waals surface area contributed by atoms with Crippen molar-refractivity contribution in [3.8, 4) is 5.75 Å². The summed E-state index contributed by atoms with van der Waals surface area (Å²) in [5, 5.41) is 0.430. The second-order valence-electron chi connectivity index (χ2n) is 5.33. The molecule has 1 atom stereocenters. The third kappa shape index (κ3) is 2.55. The van der Waals surface area contributed by atoms with Crippen LogP contribution in [0.2, 0.25) is 5.02 Å². The van der Waals surface area contributed by atoms with E-state index in [2.05, 4.69) is 0 Å². The standard InChI is InChI=1S/C17H14ClF2NO2/c1-9-12-5-3-10(16(19)20)7-13(12)21(17(9)22)14-8-11(18)4-6-15(14)23-2/h3-9,16H,1-2H3. The molecule has 23 heavy (non-hydrogen) atoms. The molecule has 3 nitrogen and oxygen atoms in total. The second-order valence-corrected chi connectivity index (χ2v) is 5.77. The molecule has 2 aromatic carbocycles. The lowest BCUT2D eigenvalue weighted by atomic mass is 10.0. The first-order valence-electron chi connectivity index (χ1n) is 7.03. The van der Waals surface area contributed by atoms with Crippen molar-refractivity contribution in [3.05, 3.63) is 52.5 Å². The molecule has 0 saturated heterocycles. The summed E-state index contributed by atoms with van der Waals surface area (Å²) in [6.07, 6.45) is -2.60. The minimum absolute atomic E-state index is 0.128. The highest BCUT2D eigenvalue weighted by molar-refractivity contribution is 6.31. The summed E-state index contributed by atoms with van der Waals surface area (Å²) in [6, 6.07) is 9.16. The van der Waals surface area contributed by atoms with Crippen LogP contribution in [-0.2, 0) is 4.79 Å². The fourth-order valence-electron chi connectivity index (χ4n) is 2.79. The number of halogens is 3. The molecule has 1 heterocycles. The van der Waals surface area contributed by atoms with Crippen LogP contribution in [0.3, 0.4) is 0 Å². The number of hydrogen-bond acceptors (Lipinski definition) is 2. The van der Waals surface area contributed by atoms with Gasteiger partial charge in [-0.1, -0.05) is 23.7 Å². The summed E-state index contributed by atoms with van der Waals surface area (Å²) < 4.78 is 31.3. The van der Waals surface area contributed by atoms with Crippen LogP contribution in [0.4, 0.5) is 20.2 Å². The van der Waals surface area contributed by atoms with E-state index in [9.17, 15) is 13.6 Å². The number of fused-ring (bicyclic) bond motifs is 1. The molecule has 2 aromatic rings. The number of rotatable bonds is 3. The molecule has 0 radical (unpaired) electrons. The van der Waals surface area contributed by atoms with E-state index in [1.807, 2.05) is 0 Å². The summed E-state index contributed by atoms with van der Waals surface area (Å²) in [4.78, 5) is 14.1. The number of methoxy groups -OCH3 is 1. The Labute approximate surface area is 137 Å². The van der Waals surface area contributed by atoms with Gasteiger partial charge in [-0.3, -0.25) is 9.69 Å². The van der Waals surface area contributed by atoms with Crippen LogP contribution in [0.1, 0.15) is 30.4 Å². The number of anilines is 2. The Morgan fingerprint density at radius 3 is 2.57 bits per heavy atom. The first-order valence-corrected chi connectivity index (χ1v) is 7.41. The fourth-order valence-corrected chi connectivity index (χ4v) is 2.95. The van der Waals surface area contributed by atoms with E-state index in [4.69, 9.17) is 16.3 Å². The highest BCUT2D eigenvalue weighted by Gasteiger charge is 2.37. The van der Waals surface area contributed by atoms with Gasteiger partial charge in [-0.25, -0.2) is 8.78 Å². The van der Waals surface area contributed by atoms with E-state index >= 15 is 0 Å². The summed E-state index contributed by atoms with van der Waals surface area (Å²) in [6.45, 7) is 1.75. The molecule has 0 aromatic heterocycles. The number of carbonyl (C=O) groups excluding carboxylic acids is 1. The number of ether oxygens (including phenoxy) is 1. The predicted molar refractivity (Wildman–Crippen MR) is 85.0 cm³/mol. The Bertz CT molecular complexity index is 779. The van der Waals surface area contributed by atoms with Crippen LogP contribution in [0.25, 0.3) is 0 Å². The first kappa shape index (κ1) is 15.7. The Hall–Kier alpha value is -2.14. The van der Waals surface area contributed by atoms with E-state index in [1.165, 1.54) is 24.1 Å². The molecule has 3 rings (SSSR count). The number of alkyl halides is 2. The maximum atomic E-state index is 13.0. The molecule has 0 N–H and O–H groups in total. The van der Waals surface area contributed by atoms with E-state index in [1.54, 1.807) is 31.2 Å². The molecule has 0 fully saturated rings. The van der Waals surface area contributed by atoms with Crippen molar-refractivity contribution in [1.82, 2.24) is 0 Å². The zero-order valence-corrected chi connectivity index (χ0v) is 13.3. The lowest BCUT2D eigenvalue weighted by Gasteiger charge is -2.21. The monoisotopic (exact) mass is 337 g/mol. The van der Waals surface area contributed by atoms with Crippen LogP contribution >= 0.6 is 11.6 Å². The Morgan fingerprint density at radius 2 is 1.91 bits per heavy atom. The van der Waals surface area contributed by atoms with Crippen molar-refractivity contribution < 1.29 is 18.3 Å². The zero-order valence-electron chi connectivity index (χ0n) is 12.5. The number of benzene rings is 2. The highest BCUT2D eigenvalue weighted by Crippen LogP contribution is 2.46. The smallest absolute Gasteiger partial charge is 0.263 e. The third-order valence-corrected chi connectivity index (χ3v) is 4.22. The van der Waals surface area contributed by atoms with Crippen LogP contribution in [-0.4, -0.2) is 13.0 Å². The number of hydrogen-bond donors (Lipinski definition) is 0. The van der Waals surface area contributed by atoms with Gasteiger partial charge in [0.1, 0.15) is 5.75 Å². The minimum atomic E-state index is -2.60. The number of nitrogens with zero attached hydrogens (tertiary/aromatic N) is 1. The average Bonchev–Trinajstić information content (AvgIpc) is 2.78. The van der Waals surface area contributed by atoms with Gasteiger partial charge in [-0.2, -0.15) is 0 Å². The molecule has 120 valence electrons. The molecule has 0 aliphatic carbocycles. The molecular weight excluding hydrogens is 324 g/mol. The Balaban J connectivity index is 2.20. The summed E-state index contributed by atoms with van der Waals surface area (Å²) in [7, 11) is 1.48. The maximum absolute atomic E-state index is 13.0.